The van der Waals surface area contributed by atoms with Crippen molar-refractivity contribution in [2.24, 2.45) is 0 Å². The first-order valence-electron chi connectivity index (χ1n) is 6.07. The van der Waals surface area contributed by atoms with Crippen LogP contribution < -0.4 is 10.1 Å². The van der Waals surface area contributed by atoms with Gasteiger partial charge in [0.25, 0.3) is 0 Å². The zero-order valence-electron chi connectivity index (χ0n) is 10.8. The van der Waals surface area contributed by atoms with Crippen LogP contribution in [-0.2, 0) is 13.1 Å². The zero-order chi connectivity index (χ0) is 14.6. The Morgan fingerprint density at radius 1 is 1.35 bits per heavy atom. The van der Waals surface area contributed by atoms with Crippen molar-refractivity contribution in [3.8, 4) is 5.75 Å². The van der Waals surface area contributed by atoms with Gasteiger partial charge in [0.1, 0.15) is 5.75 Å². The number of aromatic nitrogens is 2. The number of nitrogens with zero attached hydrogens (tertiary/aromatic N) is 2. The number of hydrogen-bond acceptors (Lipinski definition) is 3. The van der Waals surface area contributed by atoms with Gasteiger partial charge in [0.2, 0.25) is 0 Å². The van der Waals surface area contributed by atoms with Gasteiger partial charge in [-0.3, -0.25) is 4.68 Å². The number of anilines is 1. The van der Waals surface area contributed by atoms with Crippen LogP contribution in [0.15, 0.2) is 36.7 Å². The molecule has 1 N–H and O–H groups in total. The van der Waals surface area contributed by atoms with Gasteiger partial charge in [0.15, 0.2) is 0 Å². The number of alkyl halides is 3. The molecule has 2 aromatic rings. The number of ether oxygens (including phenoxy) is 1. The first-order valence-corrected chi connectivity index (χ1v) is 6.07. The first kappa shape index (κ1) is 14.2. The molecule has 0 saturated heterocycles. The first-order chi connectivity index (χ1) is 9.46. The topological polar surface area (TPSA) is 39.1 Å². The summed E-state index contributed by atoms with van der Waals surface area (Å²) in [6.07, 6.45) is -1.09. The number of hydrogen-bond donors (Lipinski definition) is 1. The lowest BCUT2D eigenvalue weighted by Gasteiger charge is -2.10. The molecule has 0 atom stereocenters. The van der Waals surface area contributed by atoms with E-state index in [9.17, 15) is 13.2 Å². The van der Waals surface area contributed by atoms with Crippen LogP contribution in [0, 0.1) is 0 Å². The molecule has 20 heavy (non-hydrogen) atoms. The molecule has 0 radical (unpaired) electrons. The predicted octanol–water partition coefficient (Wildman–Crippen LogP) is 3.41. The summed E-state index contributed by atoms with van der Waals surface area (Å²) in [5.74, 6) is -0.244. The van der Waals surface area contributed by atoms with Crippen molar-refractivity contribution in [3.63, 3.8) is 0 Å². The molecule has 7 heteroatoms. The molecule has 0 saturated carbocycles. The summed E-state index contributed by atoms with van der Waals surface area (Å²) in [5.41, 5.74) is 1.50. The number of benzene rings is 1. The molecule has 108 valence electrons. The zero-order valence-corrected chi connectivity index (χ0v) is 10.8. The Morgan fingerprint density at radius 3 is 2.80 bits per heavy atom. The molecule has 1 aromatic carbocycles. The van der Waals surface area contributed by atoms with Gasteiger partial charge >= 0.3 is 6.36 Å². The van der Waals surface area contributed by atoms with E-state index in [2.05, 4.69) is 15.2 Å². The van der Waals surface area contributed by atoms with Gasteiger partial charge in [0, 0.05) is 36.6 Å². The molecule has 0 aliphatic heterocycles. The lowest BCUT2D eigenvalue weighted by atomic mass is 10.3. The Bertz CT molecular complexity index is 566. The fourth-order valence-corrected chi connectivity index (χ4v) is 1.68. The van der Waals surface area contributed by atoms with Crippen LogP contribution in [0.2, 0.25) is 0 Å². The average Bonchev–Trinajstić information content (AvgIpc) is 2.83. The van der Waals surface area contributed by atoms with Crippen LogP contribution in [0.5, 0.6) is 5.75 Å². The largest absolute Gasteiger partial charge is 0.573 e. The van der Waals surface area contributed by atoms with E-state index in [4.69, 9.17) is 0 Å². The second kappa shape index (κ2) is 5.85. The Hall–Kier alpha value is -2.18. The molecule has 0 bridgehead atoms. The number of halogens is 3. The predicted molar refractivity (Wildman–Crippen MR) is 68.4 cm³/mol. The summed E-state index contributed by atoms with van der Waals surface area (Å²) in [4.78, 5) is 0. The maximum Gasteiger partial charge on any atom is 0.573 e. The van der Waals surface area contributed by atoms with E-state index in [-0.39, 0.29) is 5.75 Å². The van der Waals surface area contributed by atoms with Gasteiger partial charge in [-0.25, -0.2) is 0 Å². The minimum Gasteiger partial charge on any atom is -0.406 e. The SMILES string of the molecule is CCn1cc(CNc2cccc(OC(F)(F)F)c2)cn1. The Balaban J connectivity index is 1.97. The van der Waals surface area contributed by atoms with Crippen molar-refractivity contribution >= 4 is 5.69 Å². The van der Waals surface area contributed by atoms with Crippen molar-refractivity contribution in [1.82, 2.24) is 9.78 Å². The van der Waals surface area contributed by atoms with E-state index in [0.717, 1.165) is 12.1 Å². The molecule has 1 aromatic heterocycles. The molecule has 0 aliphatic carbocycles. The Kier molecular flexibility index (Phi) is 4.16. The van der Waals surface area contributed by atoms with E-state index < -0.39 is 6.36 Å². The van der Waals surface area contributed by atoms with Gasteiger partial charge < -0.3 is 10.1 Å². The summed E-state index contributed by atoms with van der Waals surface area (Å²) < 4.78 is 42.0. The Labute approximate surface area is 114 Å². The van der Waals surface area contributed by atoms with Crippen molar-refractivity contribution < 1.29 is 17.9 Å². The van der Waals surface area contributed by atoms with Crippen LogP contribution in [0.4, 0.5) is 18.9 Å². The molecule has 0 spiro atoms. The molecule has 0 amide bonds. The van der Waals surface area contributed by atoms with Gasteiger partial charge in [-0.1, -0.05) is 6.07 Å². The summed E-state index contributed by atoms with van der Waals surface area (Å²) in [6.45, 7) is 3.23. The van der Waals surface area contributed by atoms with E-state index in [1.54, 1.807) is 16.9 Å². The molecule has 2 rings (SSSR count). The molecule has 4 nitrogen and oxygen atoms in total. The highest BCUT2D eigenvalue weighted by Gasteiger charge is 2.31. The Morgan fingerprint density at radius 2 is 2.15 bits per heavy atom. The summed E-state index contributed by atoms with van der Waals surface area (Å²) in [7, 11) is 0. The fraction of sp³-hybridized carbons (Fsp3) is 0.308. The molecule has 0 fully saturated rings. The third-order valence-corrected chi connectivity index (χ3v) is 2.57. The summed E-state index contributed by atoms with van der Waals surface area (Å²) >= 11 is 0. The maximum atomic E-state index is 12.1. The smallest absolute Gasteiger partial charge is 0.406 e. The monoisotopic (exact) mass is 285 g/mol. The van der Waals surface area contributed by atoms with Crippen molar-refractivity contribution in [2.75, 3.05) is 5.32 Å². The van der Waals surface area contributed by atoms with Crippen molar-refractivity contribution in [3.05, 3.63) is 42.2 Å². The van der Waals surface area contributed by atoms with Crippen LogP contribution >= 0.6 is 0 Å². The lowest BCUT2D eigenvalue weighted by molar-refractivity contribution is -0.274. The highest BCUT2D eigenvalue weighted by Crippen LogP contribution is 2.25. The molecular weight excluding hydrogens is 271 g/mol. The molecule has 1 heterocycles. The standard InChI is InChI=1S/C13H14F3N3O/c1-2-19-9-10(8-18-19)7-17-11-4-3-5-12(6-11)20-13(14,15)16/h3-6,8-9,17H,2,7H2,1H3. The minimum atomic E-state index is -4.68. The van der Waals surface area contributed by atoms with E-state index in [0.29, 0.717) is 12.2 Å². The van der Waals surface area contributed by atoms with Gasteiger partial charge in [-0.05, 0) is 19.1 Å². The van der Waals surface area contributed by atoms with Gasteiger partial charge in [-0.15, -0.1) is 13.2 Å². The third kappa shape index (κ3) is 4.18. The summed E-state index contributed by atoms with van der Waals surface area (Å²) in [6, 6.07) is 5.73. The van der Waals surface area contributed by atoms with Crippen LogP contribution in [-0.4, -0.2) is 16.1 Å². The van der Waals surface area contributed by atoms with E-state index in [1.165, 1.54) is 18.2 Å². The highest BCUT2D eigenvalue weighted by molar-refractivity contribution is 5.48. The molecule has 0 aliphatic rings. The quantitative estimate of drug-likeness (QED) is 0.915. The maximum absolute atomic E-state index is 12.1. The van der Waals surface area contributed by atoms with Crippen molar-refractivity contribution in [2.45, 2.75) is 26.4 Å². The van der Waals surface area contributed by atoms with E-state index in [1.807, 2.05) is 13.1 Å². The summed E-state index contributed by atoms with van der Waals surface area (Å²) in [5, 5.41) is 7.14. The number of aryl methyl sites for hydroxylation is 1. The highest BCUT2D eigenvalue weighted by atomic mass is 19.4. The second-order valence-corrected chi connectivity index (χ2v) is 4.13. The average molecular weight is 285 g/mol. The molecule has 0 unspecified atom stereocenters. The van der Waals surface area contributed by atoms with Gasteiger partial charge in [-0.2, -0.15) is 5.10 Å². The number of nitrogens with one attached hydrogen (secondary N) is 1. The second-order valence-electron chi connectivity index (χ2n) is 4.13. The lowest BCUT2D eigenvalue weighted by Crippen LogP contribution is -2.17. The minimum absolute atomic E-state index is 0.244. The normalized spacial score (nSPS) is 11.4. The van der Waals surface area contributed by atoms with Crippen LogP contribution in [0.3, 0.4) is 0 Å². The van der Waals surface area contributed by atoms with Crippen LogP contribution in [0.25, 0.3) is 0 Å². The molecular formula is C13H14F3N3O. The van der Waals surface area contributed by atoms with Crippen LogP contribution in [0.1, 0.15) is 12.5 Å². The fourth-order valence-electron chi connectivity index (χ4n) is 1.68. The number of rotatable bonds is 5. The van der Waals surface area contributed by atoms with Crippen molar-refractivity contribution in [1.29, 1.82) is 0 Å². The van der Waals surface area contributed by atoms with E-state index >= 15 is 0 Å². The third-order valence-electron chi connectivity index (χ3n) is 2.57. The van der Waals surface area contributed by atoms with Gasteiger partial charge in [0.05, 0.1) is 6.20 Å².